The van der Waals surface area contributed by atoms with Crippen LogP contribution in [0.2, 0.25) is 0 Å². The summed E-state index contributed by atoms with van der Waals surface area (Å²) in [5.74, 6) is 1.62. The van der Waals surface area contributed by atoms with Gasteiger partial charge in [-0.3, -0.25) is 9.48 Å². The van der Waals surface area contributed by atoms with Crippen LogP contribution in [-0.2, 0) is 19.9 Å². The summed E-state index contributed by atoms with van der Waals surface area (Å²) in [6.07, 6.45) is 3.62. The first-order valence-corrected chi connectivity index (χ1v) is 8.92. The topological polar surface area (TPSA) is 85.2 Å². The van der Waals surface area contributed by atoms with Crippen molar-refractivity contribution in [2.24, 2.45) is 0 Å². The second kappa shape index (κ2) is 9.29. The van der Waals surface area contributed by atoms with Crippen LogP contribution in [-0.4, -0.2) is 52.4 Å². The molecule has 0 spiro atoms. The quantitative estimate of drug-likeness (QED) is 0.734. The number of anilines is 1. The molecule has 1 aromatic rings. The summed E-state index contributed by atoms with van der Waals surface area (Å²) >= 11 is 1.86. The molecule has 0 aliphatic carbocycles. The molecule has 1 amide bonds. The van der Waals surface area contributed by atoms with Crippen LogP contribution in [0.4, 0.5) is 5.69 Å². The second-order valence-corrected chi connectivity index (χ2v) is 7.08. The first-order chi connectivity index (χ1) is 10.9. The number of aromatic nitrogens is 2. The number of esters is 1. The molecule has 136 valence electrons. The van der Waals surface area contributed by atoms with E-state index in [1.165, 1.54) is 4.68 Å². The number of carbonyl (C=O) groups is 2. The van der Waals surface area contributed by atoms with Gasteiger partial charge in [-0.2, -0.15) is 16.9 Å². The minimum Gasteiger partial charge on any atom is -0.464 e. The molecule has 1 saturated heterocycles. The third-order valence-corrected chi connectivity index (χ3v) is 4.78. The maximum absolute atomic E-state index is 12.1. The van der Waals surface area contributed by atoms with Crippen molar-refractivity contribution in [3.05, 3.63) is 12.4 Å². The highest BCUT2D eigenvalue weighted by Crippen LogP contribution is 2.19. The first kappa shape index (κ1) is 20.8. The Morgan fingerprint density at radius 2 is 2.29 bits per heavy atom. The molecule has 1 aromatic heterocycles. The molecular weight excluding hydrogens is 352 g/mol. The Bertz CT molecular complexity index is 559. The highest BCUT2D eigenvalue weighted by atomic mass is 35.5. The lowest BCUT2D eigenvalue weighted by molar-refractivity contribution is -0.152. The summed E-state index contributed by atoms with van der Waals surface area (Å²) in [7, 11) is 0. The highest BCUT2D eigenvalue weighted by molar-refractivity contribution is 7.99. The fourth-order valence-electron chi connectivity index (χ4n) is 2.28. The van der Waals surface area contributed by atoms with E-state index in [0.29, 0.717) is 18.7 Å². The molecule has 0 bridgehead atoms. The molecule has 2 heterocycles. The number of ether oxygens (including phenoxy) is 1. The van der Waals surface area contributed by atoms with Crippen molar-refractivity contribution in [3.8, 4) is 0 Å². The smallest absolute Gasteiger partial charge is 0.333 e. The maximum Gasteiger partial charge on any atom is 0.333 e. The first-order valence-electron chi connectivity index (χ1n) is 7.77. The van der Waals surface area contributed by atoms with Gasteiger partial charge in [0.1, 0.15) is 0 Å². The summed E-state index contributed by atoms with van der Waals surface area (Å²) in [5, 5.41) is 10.3. The van der Waals surface area contributed by atoms with Gasteiger partial charge in [0.05, 0.1) is 18.5 Å². The molecule has 1 aliphatic rings. The van der Waals surface area contributed by atoms with Crippen LogP contribution in [0, 0.1) is 0 Å². The zero-order valence-corrected chi connectivity index (χ0v) is 15.8. The molecule has 24 heavy (non-hydrogen) atoms. The Hall–Kier alpha value is -1.25. The number of thioether (sulfide) groups is 1. The highest BCUT2D eigenvalue weighted by Gasteiger charge is 2.32. The van der Waals surface area contributed by atoms with Crippen LogP contribution in [0.1, 0.15) is 27.2 Å². The van der Waals surface area contributed by atoms with Crippen molar-refractivity contribution < 1.29 is 14.3 Å². The van der Waals surface area contributed by atoms with E-state index in [2.05, 4.69) is 15.7 Å². The number of hydrogen-bond donors (Lipinski definition) is 2. The summed E-state index contributed by atoms with van der Waals surface area (Å²) in [4.78, 5) is 24.1. The van der Waals surface area contributed by atoms with E-state index in [-0.39, 0.29) is 30.3 Å². The fraction of sp³-hybridized carbons (Fsp3) is 0.667. The van der Waals surface area contributed by atoms with Gasteiger partial charge in [-0.05, 0) is 20.8 Å². The van der Waals surface area contributed by atoms with Crippen molar-refractivity contribution in [1.29, 1.82) is 0 Å². The largest absolute Gasteiger partial charge is 0.464 e. The number of carbonyl (C=O) groups excluding carboxylic acids is 2. The molecule has 1 unspecified atom stereocenters. The molecule has 0 radical (unpaired) electrons. The number of nitrogens with one attached hydrogen (secondary N) is 2. The summed E-state index contributed by atoms with van der Waals surface area (Å²) in [5.41, 5.74) is -0.337. The average Bonchev–Trinajstić information content (AvgIpc) is 2.97. The Labute approximate surface area is 152 Å². The van der Waals surface area contributed by atoms with Gasteiger partial charge < -0.3 is 15.4 Å². The Morgan fingerprint density at radius 3 is 2.92 bits per heavy atom. The van der Waals surface area contributed by atoms with E-state index >= 15 is 0 Å². The van der Waals surface area contributed by atoms with Crippen molar-refractivity contribution >= 4 is 41.7 Å². The minimum absolute atomic E-state index is 0. The van der Waals surface area contributed by atoms with E-state index in [9.17, 15) is 9.59 Å². The second-order valence-electron chi connectivity index (χ2n) is 5.93. The van der Waals surface area contributed by atoms with Crippen molar-refractivity contribution in [2.75, 3.05) is 30.0 Å². The maximum atomic E-state index is 12.1. The number of hydrogen-bond acceptors (Lipinski definition) is 6. The van der Waals surface area contributed by atoms with Crippen molar-refractivity contribution in [1.82, 2.24) is 15.1 Å². The summed E-state index contributed by atoms with van der Waals surface area (Å²) in [6, 6.07) is 0.208. The SMILES string of the molecule is CCOC(=O)C(C)(C)n1cc(NC(=O)CC2CSCCN2)cn1.Cl. The summed E-state index contributed by atoms with van der Waals surface area (Å²) < 4.78 is 6.56. The van der Waals surface area contributed by atoms with Crippen LogP contribution in [0.3, 0.4) is 0 Å². The van der Waals surface area contributed by atoms with E-state index in [1.807, 2.05) is 11.8 Å². The minimum atomic E-state index is -0.916. The zero-order valence-electron chi connectivity index (χ0n) is 14.2. The molecule has 1 fully saturated rings. The van der Waals surface area contributed by atoms with E-state index in [4.69, 9.17) is 4.74 Å². The number of rotatable bonds is 6. The standard InChI is InChI=1S/C15H24N4O3S.ClH/c1-4-22-14(21)15(2,3)19-9-12(8-17-19)18-13(20)7-11-10-23-6-5-16-11;/h8-9,11,16H,4-7,10H2,1-3H3,(H,18,20);1H. The molecule has 1 atom stereocenters. The number of amides is 1. The van der Waals surface area contributed by atoms with Gasteiger partial charge in [0.15, 0.2) is 5.54 Å². The molecule has 7 nitrogen and oxygen atoms in total. The van der Waals surface area contributed by atoms with Crippen LogP contribution in [0.25, 0.3) is 0 Å². The normalized spacial score (nSPS) is 17.7. The van der Waals surface area contributed by atoms with Crippen molar-refractivity contribution in [2.45, 2.75) is 38.8 Å². The fourth-order valence-corrected chi connectivity index (χ4v) is 3.23. The van der Waals surface area contributed by atoms with Crippen LogP contribution in [0.5, 0.6) is 0 Å². The molecule has 0 saturated carbocycles. The molecule has 0 aromatic carbocycles. The lowest BCUT2D eigenvalue weighted by Crippen LogP contribution is -2.40. The Kier molecular flexibility index (Phi) is 8.05. The molecule has 2 rings (SSSR count). The van der Waals surface area contributed by atoms with Gasteiger partial charge >= 0.3 is 5.97 Å². The lowest BCUT2D eigenvalue weighted by atomic mass is 10.1. The Morgan fingerprint density at radius 1 is 1.54 bits per heavy atom. The van der Waals surface area contributed by atoms with Gasteiger partial charge in [0.25, 0.3) is 0 Å². The van der Waals surface area contributed by atoms with Crippen LogP contribution < -0.4 is 10.6 Å². The molecule has 9 heteroatoms. The summed E-state index contributed by atoms with van der Waals surface area (Å²) in [6.45, 7) is 6.48. The van der Waals surface area contributed by atoms with Crippen molar-refractivity contribution in [3.63, 3.8) is 0 Å². The lowest BCUT2D eigenvalue weighted by Gasteiger charge is -2.23. The predicted octanol–water partition coefficient (Wildman–Crippen LogP) is 1.64. The number of nitrogens with zero attached hydrogens (tertiary/aromatic N) is 2. The van der Waals surface area contributed by atoms with Crippen LogP contribution in [0.15, 0.2) is 12.4 Å². The Balaban J connectivity index is 0.00000288. The van der Waals surface area contributed by atoms with Gasteiger partial charge in [0, 0.05) is 36.7 Å². The molecular formula is C15H25ClN4O3S. The van der Waals surface area contributed by atoms with Gasteiger partial charge in [0.2, 0.25) is 5.91 Å². The molecule has 1 aliphatic heterocycles. The third kappa shape index (κ3) is 5.39. The monoisotopic (exact) mass is 376 g/mol. The van der Waals surface area contributed by atoms with E-state index in [1.54, 1.807) is 33.2 Å². The number of halogens is 1. The average molecular weight is 377 g/mol. The van der Waals surface area contributed by atoms with E-state index < -0.39 is 5.54 Å². The predicted molar refractivity (Wildman–Crippen MR) is 97.8 cm³/mol. The zero-order chi connectivity index (χ0) is 16.9. The van der Waals surface area contributed by atoms with Crippen LogP contribution >= 0.6 is 24.2 Å². The third-order valence-electron chi connectivity index (χ3n) is 3.64. The van der Waals surface area contributed by atoms with Gasteiger partial charge in [-0.25, -0.2) is 4.79 Å². The van der Waals surface area contributed by atoms with Gasteiger partial charge in [-0.1, -0.05) is 0 Å². The van der Waals surface area contributed by atoms with E-state index in [0.717, 1.165) is 18.1 Å². The molecule has 2 N–H and O–H groups in total. The van der Waals surface area contributed by atoms with Gasteiger partial charge in [-0.15, -0.1) is 12.4 Å².